The van der Waals surface area contributed by atoms with Crippen molar-refractivity contribution in [2.24, 2.45) is 0 Å². The zero-order valence-corrected chi connectivity index (χ0v) is 15.9. The zero-order chi connectivity index (χ0) is 18.9. The van der Waals surface area contributed by atoms with Crippen LogP contribution in [-0.2, 0) is 9.84 Å². The Balaban J connectivity index is 1.68. The van der Waals surface area contributed by atoms with Crippen molar-refractivity contribution in [1.82, 2.24) is 15.5 Å². The Bertz CT molecular complexity index is 916. The molecule has 0 bridgehead atoms. The van der Waals surface area contributed by atoms with Crippen LogP contribution >= 0.6 is 0 Å². The summed E-state index contributed by atoms with van der Waals surface area (Å²) in [6.45, 7) is 6.09. The monoisotopic (exact) mass is 374 g/mol. The van der Waals surface area contributed by atoms with E-state index in [9.17, 15) is 13.2 Å². The van der Waals surface area contributed by atoms with Crippen LogP contribution in [-0.4, -0.2) is 42.1 Å². The maximum Gasteiger partial charge on any atom is 0.272 e. The molecule has 1 unspecified atom stereocenters. The molecule has 0 saturated carbocycles. The third-order valence-corrected chi connectivity index (χ3v) is 6.16. The fraction of sp³-hybridized carbons (Fsp3) is 0.389. The first kappa shape index (κ1) is 18.3. The second-order valence-electron chi connectivity index (χ2n) is 6.78. The van der Waals surface area contributed by atoms with Crippen LogP contribution in [0.1, 0.15) is 33.6 Å². The third kappa shape index (κ3) is 4.19. The summed E-state index contributed by atoms with van der Waals surface area (Å²) in [6.07, 6.45) is 0.438. The van der Waals surface area contributed by atoms with E-state index in [1.54, 1.807) is 12.1 Å². The molecule has 2 heterocycles. The summed E-state index contributed by atoms with van der Waals surface area (Å²) in [6, 6.07) is 7.07. The molecule has 1 aromatic carbocycles. The van der Waals surface area contributed by atoms with Crippen molar-refractivity contribution in [2.45, 2.75) is 33.2 Å². The minimum atomic E-state index is -3.04. The van der Waals surface area contributed by atoms with Crippen molar-refractivity contribution in [3.8, 4) is 0 Å². The molecule has 1 aromatic heterocycles. The van der Waals surface area contributed by atoms with E-state index in [0.29, 0.717) is 12.2 Å². The van der Waals surface area contributed by atoms with Gasteiger partial charge >= 0.3 is 0 Å². The molecule has 3 rings (SSSR count). The van der Waals surface area contributed by atoms with Crippen molar-refractivity contribution < 1.29 is 13.2 Å². The number of nitrogens with zero attached hydrogens (tertiary/aromatic N) is 2. The molecule has 0 aliphatic carbocycles. The lowest BCUT2D eigenvalue weighted by atomic mass is 10.1. The molecule has 26 heavy (non-hydrogen) atoms. The SMILES string of the molecule is Cc1cc(C)c(Nc2ccc(C(=O)NC3CCS(=O)(=O)C3)nn2)c(C)c1. The Labute approximate surface area is 153 Å². The Hall–Kier alpha value is -2.48. The second kappa shape index (κ2) is 7.03. The van der Waals surface area contributed by atoms with E-state index in [2.05, 4.69) is 33.0 Å². The molecule has 1 amide bonds. The quantitative estimate of drug-likeness (QED) is 0.849. The van der Waals surface area contributed by atoms with Crippen LogP contribution in [0.25, 0.3) is 0 Å². The molecule has 0 radical (unpaired) electrons. The van der Waals surface area contributed by atoms with E-state index in [0.717, 1.165) is 16.8 Å². The van der Waals surface area contributed by atoms with Gasteiger partial charge in [0.05, 0.1) is 11.5 Å². The fourth-order valence-corrected chi connectivity index (χ4v) is 4.87. The highest BCUT2D eigenvalue weighted by Crippen LogP contribution is 2.24. The maximum atomic E-state index is 12.2. The van der Waals surface area contributed by atoms with Gasteiger partial charge < -0.3 is 10.6 Å². The van der Waals surface area contributed by atoms with Gasteiger partial charge in [-0.15, -0.1) is 10.2 Å². The van der Waals surface area contributed by atoms with Gasteiger partial charge in [-0.05, 0) is 50.5 Å². The molecule has 1 fully saturated rings. The number of amides is 1. The Morgan fingerprint density at radius 3 is 2.35 bits per heavy atom. The number of benzene rings is 1. The molecular weight excluding hydrogens is 352 g/mol. The number of sulfone groups is 1. The standard InChI is InChI=1S/C18H22N4O3S/c1-11-8-12(2)17(13(3)9-11)20-16-5-4-15(21-22-16)18(23)19-14-6-7-26(24,25)10-14/h4-5,8-9,14H,6-7,10H2,1-3H3,(H,19,23)(H,20,22). The minimum Gasteiger partial charge on any atom is -0.347 e. The molecule has 1 aliphatic rings. The summed E-state index contributed by atoms with van der Waals surface area (Å²) in [7, 11) is -3.04. The molecule has 0 spiro atoms. The molecule has 138 valence electrons. The predicted molar refractivity (Wildman–Crippen MR) is 100 cm³/mol. The van der Waals surface area contributed by atoms with E-state index >= 15 is 0 Å². The number of hydrogen-bond acceptors (Lipinski definition) is 6. The summed E-state index contributed by atoms with van der Waals surface area (Å²) in [5.74, 6) is 0.230. The third-order valence-electron chi connectivity index (χ3n) is 4.39. The number of carbonyl (C=O) groups is 1. The average molecular weight is 374 g/mol. The Morgan fingerprint density at radius 2 is 1.81 bits per heavy atom. The number of anilines is 2. The van der Waals surface area contributed by atoms with Crippen LogP contribution in [0.2, 0.25) is 0 Å². The number of hydrogen-bond donors (Lipinski definition) is 2. The van der Waals surface area contributed by atoms with Gasteiger partial charge in [0.15, 0.2) is 21.3 Å². The zero-order valence-electron chi connectivity index (χ0n) is 15.0. The van der Waals surface area contributed by atoms with E-state index in [1.165, 1.54) is 5.56 Å². The molecular formula is C18H22N4O3S. The van der Waals surface area contributed by atoms with Crippen LogP contribution < -0.4 is 10.6 Å². The molecule has 7 nitrogen and oxygen atoms in total. The van der Waals surface area contributed by atoms with Crippen LogP contribution in [0.15, 0.2) is 24.3 Å². The first-order valence-corrected chi connectivity index (χ1v) is 10.3. The molecule has 2 N–H and O–H groups in total. The smallest absolute Gasteiger partial charge is 0.272 e. The van der Waals surface area contributed by atoms with Gasteiger partial charge in [-0.2, -0.15) is 0 Å². The normalized spacial score (nSPS) is 18.5. The summed E-state index contributed by atoms with van der Waals surface area (Å²) in [5, 5.41) is 14.0. The lowest BCUT2D eigenvalue weighted by Gasteiger charge is -2.13. The van der Waals surface area contributed by atoms with E-state index in [-0.39, 0.29) is 23.2 Å². The molecule has 1 saturated heterocycles. The highest BCUT2D eigenvalue weighted by atomic mass is 32.2. The number of rotatable bonds is 4. The average Bonchev–Trinajstić information content (AvgIpc) is 2.90. The van der Waals surface area contributed by atoms with Crippen LogP contribution in [0.5, 0.6) is 0 Å². The van der Waals surface area contributed by atoms with Crippen LogP contribution in [0.4, 0.5) is 11.5 Å². The number of nitrogens with one attached hydrogen (secondary N) is 2. The molecule has 1 atom stereocenters. The van der Waals surface area contributed by atoms with Crippen LogP contribution in [0, 0.1) is 20.8 Å². The first-order chi connectivity index (χ1) is 12.2. The van der Waals surface area contributed by atoms with Crippen LogP contribution in [0.3, 0.4) is 0 Å². The van der Waals surface area contributed by atoms with Crippen molar-refractivity contribution in [2.75, 3.05) is 16.8 Å². The minimum absolute atomic E-state index is 0.0161. The number of aryl methyl sites for hydroxylation is 3. The van der Waals surface area contributed by atoms with Gasteiger partial charge in [0.2, 0.25) is 0 Å². The molecule has 1 aliphatic heterocycles. The predicted octanol–water partition coefficient (Wildman–Crippen LogP) is 2.06. The van der Waals surface area contributed by atoms with Gasteiger partial charge in [-0.3, -0.25) is 4.79 Å². The van der Waals surface area contributed by atoms with E-state index < -0.39 is 15.7 Å². The topological polar surface area (TPSA) is 101 Å². The van der Waals surface area contributed by atoms with E-state index in [4.69, 9.17) is 0 Å². The highest BCUT2D eigenvalue weighted by Gasteiger charge is 2.29. The van der Waals surface area contributed by atoms with Gasteiger partial charge in [0.1, 0.15) is 0 Å². The molecule has 8 heteroatoms. The summed E-state index contributed by atoms with van der Waals surface area (Å²) >= 11 is 0. The lowest BCUT2D eigenvalue weighted by Crippen LogP contribution is -2.36. The van der Waals surface area contributed by atoms with E-state index in [1.807, 2.05) is 20.8 Å². The second-order valence-corrected chi connectivity index (χ2v) is 9.00. The summed E-state index contributed by atoms with van der Waals surface area (Å²) < 4.78 is 22.9. The van der Waals surface area contributed by atoms with Crippen molar-refractivity contribution >= 4 is 27.2 Å². The van der Waals surface area contributed by atoms with Crippen molar-refractivity contribution in [3.05, 3.63) is 46.6 Å². The van der Waals surface area contributed by atoms with Gasteiger partial charge in [0.25, 0.3) is 5.91 Å². The van der Waals surface area contributed by atoms with Crippen molar-refractivity contribution in [3.63, 3.8) is 0 Å². The number of carbonyl (C=O) groups excluding carboxylic acids is 1. The lowest BCUT2D eigenvalue weighted by molar-refractivity contribution is 0.0935. The fourth-order valence-electron chi connectivity index (χ4n) is 3.19. The maximum absolute atomic E-state index is 12.2. The number of aromatic nitrogens is 2. The summed E-state index contributed by atoms with van der Waals surface area (Å²) in [4.78, 5) is 12.2. The van der Waals surface area contributed by atoms with Gasteiger partial charge in [-0.1, -0.05) is 17.7 Å². The Morgan fingerprint density at radius 1 is 1.12 bits per heavy atom. The van der Waals surface area contributed by atoms with Crippen molar-refractivity contribution in [1.29, 1.82) is 0 Å². The van der Waals surface area contributed by atoms with Gasteiger partial charge in [-0.25, -0.2) is 8.42 Å². The summed E-state index contributed by atoms with van der Waals surface area (Å²) in [5.41, 5.74) is 4.54. The Kier molecular flexibility index (Phi) is 4.95. The molecule has 2 aromatic rings. The highest BCUT2D eigenvalue weighted by molar-refractivity contribution is 7.91. The first-order valence-electron chi connectivity index (χ1n) is 8.43. The van der Waals surface area contributed by atoms with Gasteiger partial charge in [0, 0.05) is 11.7 Å². The largest absolute Gasteiger partial charge is 0.347 e.